The number of thioether (sulfide) groups is 1. The van der Waals surface area contributed by atoms with Crippen LogP contribution in [0, 0.1) is 0 Å². The molecule has 1 aliphatic heterocycles. The molecule has 118 valence electrons. The van der Waals surface area contributed by atoms with Crippen LogP contribution in [0.3, 0.4) is 0 Å². The fourth-order valence-electron chi connectivity index (χ4n) is 1.99. The van der Waals surface area contributed by atoms with Crippen LogP contribution in [-0.4, -0.2) is 29.3 Å². The summed E-state index contributed by atoms with van der Waals surface area (Å²) in [4.78, 5) is 0.248. The van der Waals surface area contributed by atoms with E-state index < -0.39 is 23.5 Å². The minimum atomic E-state index is -5.86. The number of halogens is 6. The Bertz CT molecular complexity index is 528. The Kier molecular flexibility index (Phi) is 3.86. The maximum absolute atomic E-state index is 12.8. The topological polar surface area (TPSA) is 32.3 Å². The highest BCUT2D eigenvalue weighted by Gasteiger charge is 2.71. The van der Waals surface area contributed by atoms with Crippen molar-refractivity contribution in [3.05, 3.63) is 23.8 Å². The molecule has 1 heterocycles. The predicted octanol–water partition coefficient (Wildman–Crippen LogP) is 3.90. The highest BCUT2D eigenvalue weighted by molar-refractivity contribution is 8.00. The lowest BCUT2D eigenvalue weighted by Gasteiger charge is -2.33. The van der Waals surface area contributed by atoms with Gasteiger partial charge in [-0.05, 0) is 12.1 Å². The molecule has 0 aliphatic carbocycles. The van der Waals surface area contributed by atoms with Crippen molar-refractivity contribution in [3.63, 3.8) is 0 Å². The van der Waals surface area contributed by atoms with Gasteiger partial charge in [-0.25, -0.2) is 0 Å². The average Bonchev–Trinajstić information content (AvgIpc) is 2.34. The molecule has 0 aromatic heterocycles. The number of benzene rings is 1. The molecule has 0 saturated carbocycles. The molecule has 1 aromatic carbocycles. The first-order valence-corrected chi connectivity index (χ1v) is 6.75. The molecule has 1 atom stereocenters. The van der Waals surface area contributed by atoms with E-state index in [0.29, 0.717) is 18.3 Å². The largest absolute Gasteiger partial charge is 0.430 e. The van der Waals surface area contributed by atoms with E-state index >= 15 is 0 Å². The van der Waals surface area contributed by atoms with Crippen molar-refractivity contribution in [2.45, 2.75) is 35.0 Å². The van der Waals surface area contributed by atoms with Crippen LogP contribution in [0.25, 0.3) is 0 Å². The number of hydrogen-bond donors (Lipinski definition) is 2. The molecule has 0 fully saturated rings. The fraction of sp³-hybridized carbons (Fsp3) is 0.500. The molecular weight excluding hydrogens is 320 g/mol. The number of fused-ring (bicyclic) bond motifs is 1. The summed E-state index contributed by atoms with van der Waals surface area (Å²) >= 11 is 1.16. The third-order valence-corrected chi connectivity index (χ3v) is 4.29. The third kappa shape index (κ3) is 2.68. The van der Waals surface area contributed by atoms with Crippen LogP contribution in [0.15, 0.2) is 23.1 Å². The van der Waals surface area contributed by atoms with E-state index in [0.717, 1.165) is 23.9 Å². The van der Waals surface area contributed by atoms with Crippen molar-refractivity contribution in [2.24, 2.45) is 0 Å². The van der Waals surface area contributed by atoms with E-state index in [9.17, 15) is 31.4 Å². The average molecular weight is 331 g/mol. The Labute approximate surface area is 120 Å². The summed E-state index contributed by atoms with van der Waals surface area (Å²) in [5.41, 5.74) is -5.66. The van der Waals surface area contributed by atoms with Gasteiger partial charge in [0.1, 0.15) is 0 Å². The van der Waals surface area contributed by atoms with Gasteiger partial charge in [-0.2, -0.15) is 26.3 Å². The second kappa shape index (κ2) is 4.98. The first-order valence-electron chi connectivity index (χ1n) is 5.87. The van der Waals surface area contributed by atoms with Crippen molar-refractivity contribution in [2.75, 3.05) is 11.9 Å². The summed E-state index contributed by atoms with van der Waals surface area (Å²) in [7, 11) is 0. The van der Waals surface area contributed by atoms with Crippen LogP contribution < -0.4 is 5.32 Å². The molecule has 0 bridgehead atoms. The Hall–Kier alpha value is -1.09. The third-order valence-electron chi connectivity index (χ3n) is 3.13. The van der Waals surface area contributed by atoms with Crippen molar-refractivity contribution in [3.8, 4) is 0 Å². The van der Waals surface area contributed by atoms with Gasteiger partial charge in [-0.15, -0.1) is 11.8 Å². The van der Waals surface area contributed by atoms with Crippen molar-refractivity contribution in [1.29, 1.82) is 0 Å². The lowest BCUT2D eigenvalue weighted by molar-refractivity contribution is -0.376. The molecule has 1 unspecified atom stereocenters. The second-order valence-electron chi connectivity index (χ2n) is 4.73. The van der Waals surface area contributed by atoms with Crippen molar-refractivity contribution < 1.29 is 31.4 Å². The van der Waals surface area contributed by atoms with Gasteiger partial charge in [-0.3, -0.25) is 0 Å². The number of aliphatic hydroxyl groups is 1. The van der Waals surface area contributed by atoms with Gasteiger partial charge in [0.25, 0.3) is 5.60 Å². The van der Waals surface area contributed by atoms with Gasteiger partial charge in [0.15, 0.2) is 0 Å². The molecule has 9 heteroatoms. The highest BCUT2D eigenvalue weighted by atomic mass is 32.2. The molecule has 0 saturated heterocycles. The maximum atomic E-state index is 12.8. The normalized spacial score (nSPS) is 19.9. The molecule has 0 radical (unpaired) electrons. The molecule has 2 N–H and O–H groups in total. The summed E-state index contributed by atoms with van der Waals surface area (Å²) in [5, 5.41) is 12.2. The molecule has 0 amide bonds. The van der Waals surface area contributed by atoms with Gasteiger partial charge < -0.3 is 10.4 Å². The predicted molar refractivity (Wildman–Crippen MR) is 66.3 cm³/mol. The van der Waals surface area contributed by atoms with Crippen molar-refractivity contribution >= 4 is 17.4 Å². The number of anilines is 1. The highest BCUT2D eigenvalue weighted by Crippen LogP contribution is 2.51. The summed E-state index contributed by atoms with van der Waals surface area (Å²) in [6.45, 7) is 2.34. The number of rotatable bonds is 1. The van der Waals surface area contributed by atoms with Crippen LogP contribution >= 0.6 is 11.8 Å². The number of alkyl halides is 6. The van der Waals surface area contributed by atoms with E-state index in [1.54, 1.807) is 6.92 Å². The zero-order chi connectivity index (χ0) is 16.1. The quantitative estimate of drug-likeness (QED) is 0.766. The van der Waals surface area contributed by atoms with E-state index in [1.165, 1.54) is 0 Å². The van der Waals surface area contributed by atoms with Gasteiger partial charge in [0, 0.05) is 27.9 Å². The first kappa shape index (κ1) is 16.3. The van der Waals surface area contributed by atoms with Gasteiger partial charge in [0.2, 0.25) is 0 Å². The SMILES string of the molecule is CC1CNc2ccc(C(O)(C(F)(F)F)C(F)(F)F)cc2S1. The molecule has 1 aliphatic rings. The van der Waals surface area contributed by atoms with Crippen molar-refractivity contribution in [1.82, 2.24) is 0 Å². The molecule has 0 spiro atoms. The van der Waals surface area contributed by atoms with E-state index in [-0.39, 0.29) is 10.1 Å². The second-order valence-corrected chi connectivity index (χ2v) is 6.21. The van der Waals surface area contributed by atoms with E-state index in [2.05, 4.69) is 5.32 Å². The maximum Gasteiger partial charge on any atom is 0.430 e. The Balaban J connectivity index is 2.55. The lowest BCUT2D eigenvalue weighted by Crippen LogP contribution is -2.53. The van der Waals surface area contributed by atoms with E-state index in [4.69, 9.17) is 0 Å². The van der Waals surface area contributed by atoms with Crippen LogP contribution in [0.2, 0.25) is 0 Å². The van der Waals surface area contributed by atoms with Crippen LogP contribution in [0.4, 0.5) is 32.0 Å². The summed E-state index contributed by atoms with van der Waals surface area (Å²) in [5.74, 6) is 0. The van der Waals surface area contributed by atoms with Crippen LogP contribution in [-0.2, 0) is 5.60 Å². The van der Waals surface area contributed by atoms with Crippen LogP contribution in [0.1, 0.15) is 12.5 Å². The lowest BCUT2D eigenvalue weighted by atomic mass is 9.92. The summed E-state index contributed by atoms with van der Waals surface area (Å²) in [6.07, 6.45) is -11.7. The smallest absolute Gasteiger partial charge is 0.383 e. The van der Waals surface area contributed by atoms with Gasteiger partial charge in [-0.1, -0.05) is 13.0 Å². The monoisotopic (exact) mass is 331 g/mol. The zero-order valence-electron chi connectivity index (χ0n) is 10.6. The molecule has 21 heavy (non-hydrogen) atoms. The molecule has 1 aromatic rings. The summed E-state index contributed by atoms with van der Waals surface area (Å²) < 4.78 is 76.8. The van der Waals surface area contributed by atoms with Gasteiger partial charge in [0.05, 0.1) is 0 Å². The Morgan fingerprint density at radius 2 is 1.71 bits per heavy atom. The zero-order valence-corrected chi connectivity index (χ0v) is 11.5. The summed E-state index contributed by atoms with van der Waals surface area (Å²) in [6, 6.07) is 2.50. The van der Waals surface area contributed by atoms with E-state index in [1.807, 2.05) is 0 Å². The molecule has 2 rings (SSSR count). The standard InChI is InChI=1S/C12H11F6NOS/c1-6-5-19-8-3-2-7(4-9(8)21-6)10(20,11(13,14)15)12(16,17)18/h2-4,6,19-20H,5H2,1H3. The molecular formula is C12H11F6NOS. The first-order chi connectivity index (χ1) is 9.47. The Morgan fingerprint density at radius 3 is 2.24 bits per heavy atom. The van der Waals surface area contributed by atoms with Crippen LogP contribution in [0.5, 0.6) is 0 Å². The van der Waals surface area contributed by atoms with Gasteiger partial charge >= 0.3 is 12.4 Å². The number of hydrogen-bond acceptors (Lipinski definition) is 3. The minimum Gasteiger partial charge on any atom is -0.383 e. The molecule has 2 nitrogen and oxygen atoms in total. The number of nitrogens with one attached hydrogen (secondary N) is 1. The minimum absolute atomic E-state index is 0.00221. The fourth-order valence-corrected chi connectivity index (χ4v) is 3.05. The Morgan fingerprint density at radius 1 is 1.14 bits per heavy atom.